The minimum atomic E-state index is -0.527. The molecule has 0 spiro atoms. The highest BCUT2D eigenvalue weighted by atomic mass is 79.9. The number of nitrogens with zero attached hydrogens (tertiary/aromatic N) is 3. The third-order valence-corrected chi connectivity index (χ3v) is 20.0. The number of hydrogen-bond donors (Lipinski definition) is 5. The zero-order valence-electron chi connectivity index (χ0n) is 69.1. The molecular weight excluding hydrogens is 1710 g/mol. The second kappa shape index (κ2) is 51.6. The maximum Gasteiger partial charge on any atom is 0.373 e. The van der Waals surface area contributed by atoms with Gasteiger partial charge in [0.15, 0.2) is 12.0 Å². The van der Waals surface area contributed by atoms with Gasteiger partial charge in [0, 0.05) is 129 Å². The second-order valence-corrected chi connectivity index (χ2v) is 28.7. The van der Waals surface area contributed by atoms with Crippen LogP contribution in [0.5, 0.6) is 34.5 Å². The number of nitrogens with one attached hydrogen (secondary N) is 1. The molecule has 0 atom stereocenters. The van der Waals surface area contributed by atoms with E-state index in [1.54, 1.807) is 65.9 Å². The molecular formula is C92H99BrClN5O24S. The highest BCUT2D eigenvalue weighted by molar-refractivity contribution is 9.09. The third kappa shape index (κ3) is 30.6. The molecule has 3 aliphatic heterocycles. The molecule has 29 nitrogen and oxygen atoms in total. The Morgan fingerprint density at radius 1 is 0.476 bits per heavy atom. The number of nitrogens with two attached hydrogens (primary N) is 1. The number of fused-ring (bicyclic) bond motifs is 4. The lowest BCUT2D eigenvalue weighted by atomic mass is 10.1. The molecule has 16 rings (SSSR count). The van der Waals surface area contributed by atoms with Gasteiger partial charge in [-0.1, -0.05) is 88.7 Å². The topological polar surface area (TPSA) is 365 Å². The Bertz CT molecular complexity index is 5450. The Morgan fingerprint density at radius 2 is 0.887 bits per heavy atom. The molecule has 3 fully saturated rings. The Balaban J connectivity index is 0.000000171. The predicted molar refractivity (Wildman–Crippen MR) is 475 cm³/mol. The number of esters is 4. The number of benzene rings is 8. The Labute approximate surface area is 733 Å². The maximum absolute atomic E-state index is 12.9. The first-order chi connectivity index (χ1) is 60.4. The van der Waals surface area contributed by atoms with Crippen molar-refractivity contribution >= 4 is 130 Å². The van der Waals surface area contributed by atoms with Crippen molar-refractivity contribution < 1.29 is 114 Å². The number of amides is 1. The number of aldehydes is 1. The average Bonchev–Trinajstić information content (AvgIpc) is 1.69. The molecule has 0 aliphatic carbocycles. The Hall–Kier alpha value is -12.3. The molecule has 656 valence electrons. The van der Waals surface area contributed by atoms with Crippen molar-refractivity contribution in [2.45, 2.75) is 13.2 Å². The largest absolute Gasteiger partial charge is 0.508 e. The first-order valence-corrected chi connectivity index (χ1v) is 41.7. The molecule has 32 heteroatoms. The van der Waals surface area contributed by atoms with Crippen molar-refractivity contribution in [3.63, 3.8) is 0 Å². The predicted octanol–water partition coefficient (Wildman–Crippen LogP) is 15.9. The van der Waals surface area contributed by atoms with Crippen molar-refractivity contribution in [1.82, 2.24) is 14.7 Å². The molecule has 1 amide bonds. The minimum Gasteiger partial charge on any atom is -0.508 e. The molecule has 3 aliphatic rings. The number of aromatic hydroxyl groups is 2. The van der Waals surface area contributed by atoms with E-state index in [1.807, 2.05) is 133 Å². The van der Waals surface area contributed by atoms with Crippen molar-refractivity contribution in [1.29, 1.82) is 0 Å². The number of hydrogen-bond acceptors (Lipinski definition) is 29. The number of methoxy groups -OCH3 is 4. The van der Waals surface area contributed by atoms with Gasteiger partial charge in [-0.25, -0.2) is 14.4 Å². The van der Waals surface area contributed by atoms with E-state index in [4.69, 9.17) is 78.4 Å². The highest BCUT2D eigenvalue weighted by Crippen LogP contribution is 2.33. The minimum absolute atomic E-state index is 0.0643. The smallest absolute Gasteiger partial charge is 0.373 e. The van der Waals surface area contributed by atoms with E-state index < -0.39 is 17.9 Å². The molecule has 5 aromatic heterocycles. The van der Waals surface area contributed by atoms with Crippen LogP contribution in [0.25, 0.3) is 54.3 Å². The molecule has 0 radical (unpaired) electrons. The first-order valence-electron chi connectivity index (χ1n) is 39.2. The van der Waals surface area contributed by atoms with Gasteiger partial charge in [0.05, 0.1) is 85.0 Å². The molecule has 8 heterocycles. The number of carbonyl (C=O) groups is 6. The molecule has 3 saturated heterocycles. The lowest BCUT2D eigenvalue weighted by Crippen LogP contribution is -2.38. The van der Waals surface area contributed by atoms with Crippen LogP contribution < -0.4 is 30.0 Å². The number of nitrogen functional groups attached to an aromatic ring is 1. The van der Waals surface area contributed by atoms with Gasteiger partial charge in [0.1, 0.15) is 88.6 Å². The summed E-state index contributed by atoms with van der Waals surface area (Å²) in [4.78, 5) is 75.3. The molecule has 8 aromatic carbocycles. The summed E-state index contributed by atoms with van der Waals surface area (Å²) in [6.45, 7) is 15.5. The number of ether oxygens (including phenoxy) is 11. The number of phenols is 2. The van der Waals surface area contributed by atoms with Gasteiger partial charge in [-0.3, -0.25) is 29.1 Å². The summed E-state index contributed by atoms with van der Waals surface area (Å²) < 4.78 is 78.6. The summed E-state index contributed by atoms with van der Waals surface area (Å²) in [7, 11) is 6.29. The summed E-state index contributed by atoms with van der Waals surface area (Å²) >= 11 is 10.1. The quantitative estimate of drug-likeness (QED) is 0.0123. The summed E-state index contributed by atoms with van der Waals surface area (Å²) in [5.41, 5.74) is 12.8. The molecule has 124 heavy (non-hydrogen) atoms. The van der Waals surface area contributed by atoms with Crippen LogP contribution in [0.2, 0.25) is 0 Å². The van der Waals surface area contributed by atoms with E-state index in [1.165, 1.54) is 52.7 Å². The number of morpholine rings is 3. The monoisotopic (exact) mass is 1800 g/mol. The number of thiophene rings is 1. The zero-order valence-corrected chi connectivity index (χ0v) is 72.3. The molecule has 13 aromatic rings. The van der Waals surface area contributed by atoms with Gasteiger partial charge in [-0.2, -0.15) is 0 Å². The fraction of sp³-hybridized carbons (Fsp3) is 0.283. The average molecular weight is 1810 g/mol. The van der Waals surface area contributed by atoms with E-state index >= 15 is 0 Å². The molecule has 0 saturated carbocycles. The van der Waals surface area contributed by atoms with Gasteiger partial charge in [-0.15, -0.1) is 22.9 Å². The lowest BCUT2D eigenvalue weighted by molar-refractivity contribution is -0.137. The number of furan rings is 4. The normalized spacial score (nSPS) is 13.0. The van der Waals surface area contributed by atoms with Crippen molar-refractivity contribution in [3.05, 3.63) is 251 Å². The van der Waals surface area contributed by atoms with Crippen LogP contribution in [0.15, 0.2) is 229 Å². The summed E-state index contributed by atoms with van der Waals surface area (Å²) in [6, 6.07) is 61.8. The Kier molecular flexibility index (Phi) is 39.8. The number of aliphatic hydroxyl groups excluding tert-OH is 1. The van der Waals surface area contributed by atoms with E-state index in [9.17, 15) is 33.9 Å². The number of phenolic OH excluding ortho intramolecular Hbond substituents is 2. The standard InChI is InChI=1S/C25H25N3O4S.C17H14O4.C16H19NO5.C14H12O3.C10H8O4.C6H12ClNO.C3H5BrO2.CH4O/c26-20-6-4-18(24-2-1-13-33-24)14-21(20)27-25(29)23-15-17-3-5-19(16-22(17)32-23)31-12-9-28-7-10-30-11-8-28;1-19-17(18)16-9-13-7-8-14(10-15(13)21-16)20-11-12-5-3-2-4-6-12;1-19-16(18)15-10-12-2-3-13(11-14(12)22-15)21-9-6-17-4-7-20-8-5-17;15-9-12-6-7-13(8-14(12)16)17-10-11-4-2-1-3-5-11;1-13-10(12)9-4-6-2-3-7(11)5-8(6)14-9;7-1-2-8-3-5-9-6-4-8;1-6-3(5)2-4;1-2/h1-6,13-16H,7-12,26H2,(H,27,29);2-10H,11H2,1H3;2-3,10-11H,4-9H2,1H3;1-9,16H,10H2;2-5,11H,1H3;1-6H2;2H2,1H3;2H,1H3. The maximum atomic E-state index is 12.9. The van der Waals surface area contributed by atoms with Gasteiger partial charge < -0.3 is 96.1 Å². The summed E-state index contributed by atoms with van der Waals surface area (Å²) in [5, 5.41) is 34.1. The van der Waals surface area contributed by atoms with Crippen LogP contribution in [-0.2, 0) is 51.2 Å². The van der Waals surface area contributed by atoms with Crippen LogP contribution in [0.1, 0.15) is 63.7 Å². The number of halogens is 2. The van der Waals surface area contributed by atoms with E-state index in [0.717, 1.165) is 160 Å². The van der Waals surface area contributed by atoms with Crippen molar-refractivity contribution in [2.75, 3.05) is 170 Å². The van der Waals surface area contributed by atoms with Crippen LogP contribution in [0.4, 0.5) is 11.4 Å². The van der Waals surface area contributed by atoms with Gasteiger partial charge >= 0.3 is 23.9 Å². The van der Waals surface area contributed by atoms with E-state index in [-0.39, 0.29) is 57.3 Å². The van der Waals surface area contributed by atoms with Crippen LogP contribution in [0, 0.1) is 0 Å². The van der Waals surface area contributed by atoms with Crippen molar-refractivity contribution in [3.8, 4) is 44.9 Å². The first kappa shape index (κ1) is 95.6. The van der Waals surface area contributed by atoms with Gasteiger partial charge in [-0.05, 0) is 125 Å². The zero-order chi connectivity index (χ0) is 88.4. The third-order valence-electron chi connectivity index (χ3n) is 18.5. The highest BCUT2D eigenvalue weighted by Gasteiger charge is 2.20. The fourth-order valence-corrected chi connectivity index (χ4v) is 13.1. The molecule has 0 unspecified atom stereocenters. The van der Waals surface area contributed by atoms with Gasteiger partial charge in [0.2, 0.25) is 17.3 Å². The van der Waals surface area contributed by atoms with Gasteiger partial charge in [0.25, 0.3) is 5.91 Å². The SMILES string of the molecule is CO.COC(=O)CBr.COC(=O)c1cc2ccc(O)cc2o1.COC(=O)c1cc2ccc(OCCN3CCOCC3)cc2o1.COC(=O)c1cc2ccc(OCc3ccccc3)cc2o1.ClCCN1CCOCC1.Nc1ccc(-c2cccs2)cc1NC(=O)c1cc2ccc(OCCN3CCOCC3)cc2o1.O=Cc1ccc(OCc2ccccc2)cc1O. The lowest BCUT2D eigenvalue weighted by Gasteiger charge is -2.26. The number of anilines is 2. The van der Waals surface area contributed by atoms with Crippen LogP contribution in [-0.4, -0.2) is 225 Å². The number of aliphatic hydroxyl groups is 1. The van der Waals surface area contributed by atoms with Crippen LogP contribution >= 0.6 is 38.9 Å². The summed E-state index contributed by atoms with van der Waals surface area (Å²) in [6.07, 6.45) is 0.607. The Morgan fingerprint density at radius 3 is 1.29 bits per heavy atom. The van der Waals surface area contributed by atoms with E-state index in [0.29, 0.717) is 83.7 Å². The van der Waals surface area contributed by atoms with Crippen molar-refractivity contribution in [2.24, 2.45) is 0 Å². The number of carbonyl (C=O) groups excluding carboxylic acids is 6. The van der Waals surface area contributed by atoms with E-state index in [2.05, 4.69) is 54.9 Å². The molecule has 0 bridgehead atoms. The number of alkyl halides is 2. The summed E-state index contributed by atoms with van der Waals surface area (Å²) in [5.74, 6) is 2.09. The van der Waals surface area contributed by atoms with Crippen LogP contribution in [0.3, 0.4) is 0 Å². The molecule has 6 N–H and O–H groups in total. The fourth-order valence-electron chi connectivity index (χ4n) is 11.9. The number of rotatable bonds is 24. The second-order valence-electron chi connectivity index (χ2n) is 26.8.